The van der Waals surface area contributed by atoms with Crippen molar-refractivity contribution in [2.24, 2.45) is 11.7 Å². The smallest absolute Gasteiger partial charge is 0.234 e. The molecule has 0 aliphatic heterocycles. The van der Waals surface area contributed by atoms with Gasteiger partial charge in [0.15, 0.2) is 0 Å². The third kappa shape index (κ3) is 2.86. The molecule has 120 valence electrons. The van der Waals surface area contributed by atoms with E-state index >= 15 is 0 Å². The van der Waals surface area contributed by atoms with Crippen LogP contribution in [-0.2, 0) is 15.8 Å². The molecular formula is C16H29N3O2. The Labute approximate surface area is 127 Å². The van der Waals surface area contributed by atoms with Crippen molar-refractivity contribution >= 4 is 0 Å². The number of ether oxygens (including phenoxy) is 1. The van der Waals surface area contributed by atoms with E-state index in [4.69, 9.17) is 20.0 Å². The molecule has 0 amide bonds. The number of aromatic nitrogens is 2. The molecule has 1 fully saturated rings. The van der Waals surface area contributed by atoms with Crippen molar-refractivity contribution in [2.75, 3.05) is 13.7 Å². The second kappa shape index (κ2) is 6.44. The molecule has 0 unspecified atom stereocenters. The zero-order valence-electron chi connectivity index (χ0n) is 13.8. The van der Waals surface area contributed by atoms with E-state index < -0.39 is 0 Å². The van der Waals surface area contributed by atoms with E-state index in [9.17, 15) is 0 Å². The molecule has 0 bridgehead atoms. The molecule has 0 radical (unpaired) electrons. The van der Waals surface area contributed by atoms with Crippen LogP contribution in [0.25, 0.3) is 0 Å². The van der Waals surface area contributed by atoms with Crippen molar-refractivity contribution in [3.8, 4) is 0 Å². The molecule has 2 N–H and O–H groups in total. The second-order valence-corrected chi connectivity index (χ2v) is 6.50. The summed E-state index contributed by atoms with van der Waals surface area (Å²) >= 11 is 0. The fraction of sp³-hybridized carbons (Fsp3) is 0.875. The van der Waals surface area contributed by atoms with E-state index in [-0.39, 0.29) is 11.0 Å². The van der Waals surface area contributed by atoms with Gasteiger partial charge in [-0.1, -0.05) is 25.9 Å². The highest BCUT2D eigenvalue weighted by atomic mass is 16.5. The lowest BCUT2D eigenvalue weighted by atomic mass is 9.78. The largest absolute Gasteiger partial charge is 0.370 e. The Hall–Kier alpha value is -0.940. The van der Waals surface area contributed by atoms with Crippen LogP contribution in [0.15, 0.2) is 4.52 Å². The molecule has 1 saturated carbocycles. The summed E-state index contributed by atoms with van der Waals surface area (Å²) in [5.41, 5.74) is 5.39. The number of nitrogens with two attached hydrogens (primary N) is 1. The van der Waals surface area contributed by atoms with Gasteiger partial charge < -0.3 is 15.0 Å². The average molecular weight is 295 g/mol. The summed E-state index contributed by atoms with van der Waals surface area (Å²) in [6.45, 7) is 7.05. The lowest BCUT2D eigenvalue weighted by Gasteiger charge is -2.35. The zero-order valence-corrected chi connectivity index (χ0v) is 13.8. The highest BCUT2D eigenvalue weighted by Crippen LogP contribution is 2.41. The normalized spacial score (nSPS) is 27.0. The van der Waals surface area contributed by atoms with Gasteiger partial charge in [-0.05, 0) is 44.4 Å². The number of nitrogens with zero attached hydrogens (tertiary/aromatic N) is 2. The lowest BCUT2D eigenvalue weighted by molar-refractivity contribution is -0.0609. The van der Waals surface area contributed by atoms with Crippen molar-refractivity contribution < 1.29 is 9.26 Å². The highest BCUT2D eigenvalue weighted by Gasteiger charge is 2.42. The van der Waals surface area contributed by atoms with Crippen molar-refractivity contribution in [1.29, 1.82) is 0 Å². The van der Waals surface area contributed by atoms with E-state index in [1.54, 1.807) is 7.11 Å². The van der Waals surface area contributed by atoms with Gasteiger partial charge in [0.1, 0.15) is 5.60 Å². The molecule has 1 heterocycles. The van der Waals surface area contributed by atoms with Gasteiger partial charge in [0.2, 0.25) is 11.7 Å². The Morgan fingerprint density at radius 3 is 2.43 bits per heavy atom. The first-order valence-electron chi connectivity index (χ1n) is 8.15. The van der Waals surface area contributed by atoms with Crippen molar-refractivity contribution in [3.63, 3.8) is 0 Å². The third-order valence-electron chi connectivity index (χ3n) is 5.50. The maximum Gasteiger partial charge on any atom is 0.234 e. The summed E-state index contributed by atoms with van der Waals surface area (Å²) in [6, 6.07) is 0. The molecule has 5 nitrogen and oxygen atoms in total. The van der Waals surface area contributed by atoms with E-state index in [1.165, 1.54) is 0 Å². The van der Waals surface area contributed by atoms with Gasteiger partial charge in [-0.25, -0.2) is 0 Å². The monoisotopic (exact) mass is 295 g/mol. The molecule has 0 saturated heterocycles. The quantitative estimate of drug-likeness (QED) is 0.872. The van der Waals surface area contributed by atoms with E-state index in [0.717, 1.165) is 44.4 Å². The highest BCUT2D eigenvalue weighted by molar-refractivity contribution is 5.10. The van der Waals surface area contributed by atoms with Gasteiger partial charge in [-0.15, -0.1) is 0 Å². The molecule has 1 aromatic heterocycles. The van der Waals surface area contributed by atoms with Gasteiger partial charge in [0.25, 0.3) is 0 Å². The third-order valence-corrected chi connectivity index (χ3v) is 5.50. The number of methoxy groups -OCH3 is 1. The average Bonchev–Trinajstić information content (AvgIpc) is 3.02. The Balaban J connectivity index is 2.29. The van der Waals surface area contributed by atoms with Gasteiger partial charge in [0.05, 0.1) is 5.41 Å². The van der Waals surface area contributed by atoms with Crippen LogP contribution in [0, 0.1) is 5.92 Å². The first kappa shape index (κ1) is 16.4. The van der Waals surface area contributed by atoms with Crippen LogP contribution in [0.1, 0.15) is 71.0 Å². The van der Waals surface area contributed by atoms with Crippen molar-refractivity contribution in [2.45, 2.75) is 70.3 Å². The summed E-state index contributed by atoms with van der Waals surface area (Å²) in [5.74, 6) is 2.11. The Bertz CT molecular complexity index is 438. The van der Waals surface area contributed by atoms with Crippen LogP contribution in [0.4, 0.5) is 0 Å². The molecular weight excluding hydrogens is 266 g/mol. The summed E-state index contributed by atoms with van der Waals surface area (Å²) in [5, 5.41) is 4.25. The van der Waals surface area contributed by atoms with Crippen molar-refractivity contribution in [3.05, 3.63) is 11.7 Å². The van der Waals surface area contributed by atoms with Gasteiger partial charge in [-0.2, -0.15) is 4.98 Å². The Morgan fingerprint density at radius 1 is 1.33 bits per heavy atom. The standard InChI is InChI=1S/C16H29N3O2/c1-5-15(6-2,11-17)14-18-13(19-21-14)16(20-4)9-7-12(3)8-10-16/h12H,5-11,17H2,1-4H3. The number of hydrogen-bond donors (Lipinski definition) is 1. The van der Waals surface area contributed by atoms with Gasteiger partial charge in [0, 0.05) is 13.7 Å². The molecule has 0 atom stereocenters. The molecule has 0 aromatic carbocycles. The molecule has 2 rings (SSSR count). The minimum absolute atomic E-state index is 0.206. The summed E-state index contributed by atoms with van der Waals surface area (Å²) < 4.78 is 11.4. The minimum atomic E-state index is -0.379. The maximum absolute atomic E-state index is 5.97. The summed E-state index contributed by atoms with van der Waals surface area (Å²) in [7, 11) is 1.75. The lowest BCUT2D eigenvalue weighted by Crippen LogP contribution is -2.36. The van der Waals surface area contributed by atoms with Gasteiger partial charge in [-0.3, -0.25) is 0 Å². The Kier molecular flexibility index (Phi) is 5.04. The molecule has 0 spiro atoms. The zero-order chi connectivity index (χ0) is 15.5. The predicted octanol–water partition coefficient (Wildman–Crippen LogP) is 3.14. The second-order valence-electron chi connectivity index (χ2n) is 6.50. The number of rotatable bonds is 6. The van der Waals surface area contributed by atoms with Crippen LogP contribution in [0.2, 0.25) is 0 Å². The predicted molar refractivity (Wildman–Crippen MR) is 81.9 cm³/mol. The SMILES string of the molecule is CCC(CC)(CN)c1nc(C2(OC)CCC(C)CC2)no1. The maximum atomic E-state index is 5.97. The fourth-order valence-corrected chi connectivity index (χ4v) is 3.30. The topological polar surface area (TPSA) is 74.2 Å². The van der Waals surface area contributed by atoms with Crippen LogP contribution >= 0.6 is 0 Å². The van der Waals surface area contributed by atoms with E-state index in [0.29, 0.717) is 18.3 Å². The minimum Gasteiger partial charge on any atom is -0.370 e. The van der Waals surface area contributed by atoms with Crippen LogP contribution in [0.5, 0.6) is 0 Å². The summed E-state index contributed by atoms with van der Waals surface area (Å²) in [4.78, 5) is 4.70. The van der Waals surface area contributed by atoms with E-state index in [2.05, 4.69) is 25.9 Å². The molecule has 5 heteroatoms. The molecule has 1 aromatic rings. The molecule has 1 aliphatic rings. The number of hydrogen-bond acceptors (Lipinski definition) is 5. The van der Waals surface area contributed by atoms with Gasteiger partial charge >= 0.3 is 0 Å². The first-order valence-corrected chi connectivity index (χ1v) is 8.15. The summed E-state index contributed by atoms with van der Waals surface area (Å²) in [6.07, 6.45) is 5.99. The van der Waals surface area contributed by atoms with Crippen LogP contribution in [-0.4, -0.2) is 23.8 Å². The molecule has 21 heavy (non-hydrogen) atoms. The molecule has 1 aliphatic carbocycles. The van der Waals surface area contributed by atoms with Crippen LogP contribution < -0.4 is 5.73 Å². The van der Waals surface area contributed by atoms with Crippen molar-refractivity contribution in [1.82, 2.24) is 10.1 Å². The van der Waals surface area contributed by atoms with Crippen LogP contribution in [0.3, 0.4) is 0 Å². The fourth-order valence-electron chi connectivity index (χ4n) is 3.30. The Morgan fingerprint density at radius 2 is 1.95 bits per heavy atom. The van der Waals surface area contributed by atoms with E-state index in [1.807, 2.05) is 0 Å². The first-order chi connectivity index (χ1) is 10.1.